The number of rotatable bonds is 5. The van der Waals surface area contributed by atoms with Crippen molar-refractivity contribution in [3.63, 3.8) is 0 Å². The van der Waals surface area contributed by atoms with E-state index in [1.54, 1.807) is 12.3 Å². The Labute approximate surface area is 195 Å². The standard InChI is InChI=1S/C24H21ClN6O2/c25-18-10-16(9-15-7-4-8-27-20(15)18)22-21(14-5-2-1-3-6-14)29-23(26)24(30-22)28-19(33)13-31-11-17(32)12-31/h1-10,17,32H,11-13H2,(H2,26,29)(H,28,30,33). The fourth-order valence-electron chi connectivity index (χ4n) is 3.87. The molecule has 0 unspecified atom stereocenters. The first-order valence-electron chi connectivity index (χ1n) is 10.5. The zero-order chi connectivity index (χ0) is 22.9. The van der Waals surface area contributed by atoms with Crippen molar-refractivity contribution < 1.29 is 9.90 Å². The summed E-state index contributed by atoms with van der Waals surface area (Å²) in [7, 11) is 0. The average molecular weight is 461 g/mol. The van der Waals surface area contributed by atoms with Crippen molar-refractivity contribution in [1.29, 1.82) is 0 Å². The highest BCUT2D eigenvalue weighted by Gasteiger charge is 2.26. The molecule has 8 nitrogen and oxygen atoms in total. The molecule has 0 bridgehead atoms. The van der Waals surface area contributed by atoms with Crippen molar-refractivity contribution in [2.75, 3.05) is 30.7 Å². The van der Waals surface area contributed by atoms with Gasteiger partial charge in [-0.2, -0.15) is 0 Å². The van der Waals surface area contributed by atoms with Crippen LogP contribution in [0.2, 0.25) is 5.02 Å². The summed E-state index contributed by atoms with van der Waals surface area (Å²) in [5, 5.41) is 13.5. The van der Waals surface area contributed by atoms with E-state index in [0.29, 0.717) is 35.0 Å². The normalized spacial score (nSPS) is 14.2. The number of hydrogen-bond donors (Lipinski definition) is 3. The first kappa shape index (κ1) is 21.3. The van der Waals surface area contributed by atoms with E-state index >= 15 is 0 Å². The van der Waals surface area contributed by atoms with Gasteiger partial charge in [-0.1, -0.05) is 48.0 Å². The molecule has 0 saturated carbocycles. The van der Waals surface area contributed by atoms with E-state index in [1.807, 2.05) is 53.4 Å². The number of nitrogens with one attached hydrogen (secondary N) is 1. The molecule has 5 rings (SSSR count). The Morgan fingerprint density at radius 1 is 1.09 bits per heavy atom. The number of aliphatic hydroxyl groups excluding tert-OH is 1. The van der Waals surface area contributed by atoms with Gasteiger partial charge in [-0.05, 0) is 18.2 Å². The van der Waals surface area contributed by atoms with Gasteiger partial charge in [0.15, 0.2) is 11.6 Å². The van der Waals surface area contributed by atoms with Gasteiger partial charge >= 0.3 is 0 Å². The minimum atomic E-state index is -0.383. The number of aliphatic hydroxyl groups is 1. The average Bonchev–Trinajstić information content (AvgIpc) is 2.79. The van der Waals surface area contributed by atoms with Crippen LogP contribution in [0, 0.1) is 0 Å². The van der Waals surface area contributed by atoms with Crippen molar-refractivity contribution in [1.82, 2.24) is 19.9 Å². The van der Waals surface area contributed by atoms with Gasteiger partial charge in [0.2, 0.25) is 5.91 Å². The van der Waals surface area contributed by atoms with Crippen molar-refractivity contribution in [2.45, 2.75) is 6.10 Å². The van der Waals surface area contributed by atoms with Crippen LogP contribution in [0.15, 0.2) is 60.8 Å². The fraction of sp³-hybridized carbons (Fsp3) is 0.167. The molecular weight excluding hydrogens is 440 g/mol. The van der Waals surface area contributed by atoms with Crippen LogP contribution in [0.5, 0.6) is 0 Å². The van der Waals surface area contributed by atoms with E-state index in [2.05, 4.69) is 15.3 Å². The van der Waals surface area contributed by atoms with Gasteiger partial charge in [-0.3, -0.25) is 14.7 Å². The van der Waals surface area contributed by atoms with E-state index in [4.69, 9.17) is 22.3 Å². The summed E-state index contributed by atoms with van der Waals surface area (Å²) in [6.07, 6.45) is 1.31. The molecule has 3 heterocycles. The first-order valence-corrected chi connectivity index (χ1v) is 10.8. The molecule has 1 fully saturated rings. The third kappa shape index (κ3) is 4.36. The van der Waals surface area contributed by atoms with Crippen molar-refractivity contribution >= 4 is 40.0 Å². The lowest BCUT2D eigenvalue weighted by Crippen LogP contribution is -2.53. The Morgan fingerprint density at radius 3 is 2.61 bits per heavy atom. The fourth-order valence-corrected chi connectivity index (χ4v) is 4.15. The number of aromatic nitrogens is 3. The molecule has 1 aliphatic rings. The van der Waals surface area contributed by atoms with Gasteiger partial charge in [-0.25, -0.2) is 9.97 Å². The molecule has 0 spiro atoms. The maximum absolute atomic E-state index is 12.5. The number of likely N-dealkylation sites (tertiary alicyclic amines) is 1. The highest BCUT2D eigenvalue weighted by atomic mass is 35.5. The Bertz CT molecular complexity index is 1340. The molecule has 9 heteroatoms. The van der Waals surface area contributed by atoms with Crippen LogP contribution in [0.1, 0.15) is 0 Å². The second kappa shape index (κ2) is 8.74. The zero-order valence-electron chi connectivity index (χ0n) is 17.6. The molecule has 4 aromatic rings. The van der Waals surface area contributed by atoms with Crippen LogP contribution in [-0.2, 0) is 4.79 Å². The molecule has 166 valence electrons. The quantitative estimate of drug-likeness (QED) is 0.418. The van der Waals surface area contributed by atoms with E-state index in [1.165, 1.54) is 0 Å². The number of nitrogens with two attached hydrogens (primary N) is 1. The van der Waals surface area contributed by atoms with Crippen molar-refractivity contribution in [3.05, 3.63) is 65.8 Å². The number of carbonyl (C=O) groups is 1. The maximum Gasteiger partial charge on any atom is 0.239 e. The number of carbonyl (C=O) groups excluding carboxylic acids is 1. The summed E-state index contributed by atoms with van der Waals surface area (Å²) in [5.74, 6) is 0.0170. The number of halogens is 1. The topological polar surface area (TPSA) is 117 Å². The van der Waals surface area contributed by atoms with Crippen LogP contribution >= 0.6 is 11.6 Å². The lowest BCUT2D eigenvalue weighted by atomic mass is 10.0. The van der Waals surface area contributed by atoms with E-state index in [0.717, 1.165) is 16.5 Å². The zero-order valence-corrected chi connectivity index (χ0v) is 18.3. The Morgan fingerprint density at radius 2 is 1.85 bits per heavy atom. The Hall–Kier alpha value is -3.59. The minimum Gasteiger partial charge on any atom is -0.390 e. The number of anilines is 2. The SMILES string of the molecule is Nc1nc(-c2ccccc2)c(-c2cc(Cl)c3ncccc3c2)nc1NC(=O)CN1CC(O)C1. The summed E-state index contributed by atoms with van der Waals surface area (Å²) < 4.78 is 0. The van der Waals surface area contributed by atoms with Gasteiger partial charge in [-0.15, -0.1) is 0 Å². The predicted octanol–water partition coefficient (Wildman–Crippen LogP) is 3.21. The highest BCUT2D eigenvalue weighted by Crippen LogP contribution is 2.35. The maximum atomic E-state index is 12.5. The van der Waals surface area contributed by atoms with Crippen LogP contribution in [0.4, 0.5) is 11.6 Å². The highest BCUT2D eigenvalue weighted by molar-refractivity contribution is 6.35. The second-order valence-electron chi connectivity index (χ2n) is 7.95. The van der Waals surface area contributed by atoms with Crippen molar-refractivity contribution in [2.24, 2.45) is 0 Å². The molecule has 0 atom stereocenters. The molecule has 2 aromatic carbocycles. The van der Waals surface area contributed by atoms with E-state index < -0.39 is 0 Å². The molecule has 0 aliphatic carbocycles. The van der Waals surface area contributed by atoms with Gasteiger partial charge < -0.3 is 16.2 Å². The molecule has 33 heavy (non-hydrogen) atoms. The molecular formula is C24H21ClN6O2. The van der Waals surface area contributed by atoms with Crippen LogP contribution in [0.25, 0.3) is 33.4 Å². The van der Waals surface area contributed by atoms with Crippen LogP contribution in [-0.4, -0.2) is 56.6 Å². The largest absolute Gasteiger partial charge is 0.390 e. The van der Waals surface area contributed by atoms with Crippen molar-refractivity contribution in [3.8, 4) is 22.5 Å². The van der Waals surface area contributed by atoms with Crippen LogP contribution in [0.3, 0.4) is 0 Å². The number of pyridine rings is 1. The number of β-amino-alcohol motifs (C(OH)–C–C–N with tert-alkyl or cyclic N) is 1. The molecule has 0 radical (unpaired) electrons. The summed E-state index contributed by atoms with van der Waals surface area (Å²) in [4.78, 5) is 28.0. The number of fused-ring (bicyclic) bond motifs is 1. The number of amides is 1. The van der Waals surface area contributed by atoms with E-state index in [-0.39, 0.29) is 30.2 Å². The number of nitrogen functional groups attached to an aromatic ring is 1. The first-order chi connectivity index (χ1) is 16.0. The lowest BCUT2D eigenvalue weighted by Gasteiger charge is -2.34. The third-order valence-corrected chi connectivity index (χ3v) is 5.75. The monoisotopic (exact) mass is 460 g/mol. The molecule has 1 saturated heterocycles. The third-order valence-electron chi connectivity index (χ3n) is 5.46. The minimum absolute atomic E-state index is 0.114. The Balaban J connectivity index is 1.58. The van der Waals surface area contributed by atoms with Gasteiger partial charge in [0.05, 0.1) is 34.6 Å². The molecule has 1 amide bonds. The predicted molar refractivity (Wildman–Crippen MR) is 129 cm³/mol. The Kier molecular flexibility index (Phi) is 5.63. The smallest absolute Gasteiger partial charge is 0.239 e. The van der Waals surface area contributed by atoms with Crippen LogP contribution < -0.4 is 11.1 Å². The van der Waals surface area contributed by atoms with E-state index in [9.17, 15) is 9.90 Å². The molecule has 4 N–H and O–H groups in total. The molecule has 2 aromatic heterocycles. The molecule has 1 aliphatic heterocycles. The van der Waals surface area contributed by atoms with Gasteiger partial charge in [0.25, 0.3) is 0 Å². The summed E-state index contributed by atoms with van der Waals surface area (Å²) in [6.45, 7) is 1.08. The van der Waals surface area contributed by atoms with Gasteiger partial charge in [0.1, 0.15) is 0 Å². The number of hydrogen-bond acceptors (Lipinski definition) is 7. The summed E-state index contributed by atoms with van der Waals surface area (Å²) in [5.41, 5.74) is 9.57. The summed E-state index contributed by atoms with van der Waals surface area (Å²) >= 11 is 6.53. The summed E-state index contributed by atoms with van der Waals surface area (Å²) in [6, 6.07) is 17.1. The number of benzene rings is 2. The number of nitrogens with zero attached hydrogens (tertiary/aromatic N) is 4. The lowest BCUT2D eigenvalue weighted by molar-refractivity contribution is -0.119. The van der Waals surface area contributed by atoms with Gasteiger partial charge in [0, 0.05) is 35.8 Å². The second-order valence-corrected chi connectivity index (χ2v) is 8.36.